The van der Waals surface area contributed by atoms with Gasteiger partial charge < -0.3 is 4.90 Å². The van der Waals surface area contributed by atoms with Gasteiger partial charge in [-0.05, 0) is 31.2 Å². The van der Waals surface area contributed by atoms with Crippen molar-refractivity contribution in [3.8, 4) is 6.07 Å². The van der Waals surface area contributed by atoms with Crippen LogP contribution in [0.3, 0.4) is 0 Å². The average Bonchev–Trinajstić information content (AvgIpc) is 3.16. The number of benzene rings is 2. The van der Waals surface area contributed by atoms with Gasteiger partial charge in [0.1, 0.15) is 6.07 Å². The molecule has 0 radical (unpaired) electrons. The van der Waals surface area contributed by atoms with Crippen LogP contribution in [0.1, 0.15) is 21.6 Å². The Morgan fingerprint density at radius 1 is 1.14 bits per heavy atom. The summed E-state index contributed by atoms with van der Waals surface area (Å²) in [6.45, 7) is 2.79. The van der Waals surface area contributed by atoms with Crippen LogP contribution in [0.2, 0.25) is 0 Å². The van der Waals surface area contributed by atoms with Crippen LogP contribution in [-0.4, -0.2) is 59.9 Å². The lowest BCUT2D eigenvalue weighted by atomic mass is 10.1. The summed E-state index contributed by atoms with van der Waals surface area (Å²) >= 11 is 0. The van der Waals surface area contributed by atoms with Crippen molar-refractivity contribution in [1.29, 1.82) is 5.26 Å². The van der Waals surface area contributed by atoms with Crippen molar-refractivity contribution in [1.82, 2.24) is 19.4 Å². The Balaban J connectivity index is 1.52. The summed E-state index contributed by atoms with van der Waals surface area (Å²) in [6, 6.07) is 13.8. The van der Waals surface area contributed by atoms with E-state index in [1.165, 1.54) is 16.4 Å². The van der Waals surface area contributed by atoms with Crippen LogP contribution < -0.4 is 0 Å². The van der Waals surface area contributed by atoms with Gasteiger partial charge in [-0.25, -0.2) is 8.42 Å². The molecule has 1 aliphatic rings. The molecule has 0 bridgehead atoms. The number of aromatic nitrogens is 2. The predicted molar refractivity (Wildman–Crippen MR) is 107 cm³/mol. The standard InChI is InChI=1S/C20H19N5O3S/c1-14-6-7-17-16(12-14)19(23-22-17)20(26)24-8-10-25(11-9-24)29(27,28)18-5-3-2-4-15(18)13-21/h2-7,12H,8-11H2,1H3,(H,22,23). The first-order valence-corrected chi connectivity index (χ1v) is 10.6. The molecular weight excluding hydrogens is 390 g/mol. The Labute approximate surface area is 168 Å². The van der Waals surface area contributed by atoms with E-state index in [0.717, 1.165) is 16.5 Å². The Hall–Kier alpha value is -3.22. The number of H-pyrrole nitrogens is 1. The first-order chi connectivity index (χ1) is 13.9. The molecule has 29 heavy (non-hydrogen) atoms. The maximum atomic E-state index is 12.9. The molecule has 2 aromatic carbocycles. The van der Waals surface area contributed by atoms with Gasteiger partial charge in [0, 0.05) is 31.6 Å². The fourth-order valence-electron chi connectivity index (χ4n) is 3.50. The van der Waals surface area contributed by atoms with Crippen LogP contribution in [-0.2, 0) is 10.0 Å². The summed E-state index contributed by atoms with van der Waals surface area (Å²) in [7, 11) is -3.80. The lowest BCUT2D eigenvalue weighted by Crippen LogP contribution is -2.50. The number of nitrogens with zero attached hydrogens (tertiary/aromatic N) is 4. The van der Waals surface area contributed by atoms with E-state index in [2.05, 4.69) is 10.2 Å². The molecule has 148 valence electrons. The quantitative estimate of drug-likeness (QED) is 0.710. The third-order valence-electron chi connectivity index (χ3n) is 5.07. The van der Waals surface area contributed by atoms with Crippen LogP contribution >= 0.6 is 0 Å². The zero-order valence-electron chi connectivity index (χ0n) is 15.8. The third kappa shape index (κ3) is 3.37. The average molecular weight is 409 g/mol. The molecule has 1 amide bonds. The molecule has 3 aromatic rings. The minimum Gasteiger partial charge on any atom is -0.335 e. The van der Waals surface area contributed by atoms with E-state index >= 15 is 0 Å². The number of carbonyl (C=O) groups is 1. The number of amides is 1. The Kier molecular flexibility index (Phi) is 4.82. The van der Waals surface area contributed by atoms with Crippen LogP contribution in [0.4, 0.5) is 0 Å². The van der Waals surface area contributed by atoms with Gasteiger partial charge in [0.15, 0.2) is 5.69 Å². The Morgan fingerprint density at radius 3 is 2.59 bits per heavy atom. The topological polar surface area (TPSA) is 110 Å². The summed E-state index contributed by atoms with van der Waals surface area (Å²) in [5.74, 6) is -0.226. The van der Waals surface area contributed by atoms with Gasteiger partial charge in [-0.1, -0.05) is 23.8 Å². The van der Waals surface area contributed by atoms with Crippen molar-refractivity contribution >= 4 is 26.8 Å². The number of nitrogens with one attached hydrogen (secondary N) is 1. The number of carbonyl (C=O) groups excluding carboxylic acids is 1. The van der Waals surface area contributed by atoms with Gasteiger partial charge in [0.25, 0.3) is 5.91 Å². The second-order valence-electron chi connectivity index (χ2n) is 6.93. The highest BCUT2D eigenvalue weighted by molar-refractivity contribution is 7.89. The van der Waals surface area contributed by atoms with Crippen LogP contribution in [0, 0.1) is 18.3 Å². The fraction of sp³-hybridized carbons (Fsp3) is 0.250. The number of fused-ring (bicyclic) bond motifs is 1. The van der Waals surface area contributed by atoms with E-state index in [-0.39, 0.29) is 42.5 Å². The molecule has 8 nitrogen and oxygen atoms in total. The van der Waals surface area contributed by atoms with Crippen molar-refractivity contribution in [3.63, 3.8) is 0 Å². The summed E-state index contributed by atoms with van der Waals surface area (Å²) in [6.07, 6.45) is 0. The predicted octanol–water partition coefficient (Wildman–Crippen LogP) is 1.89. The van der Waals surface area contributed by atoms with Crippen molar-refractivity contribution in [2.24, 2.45) is 0 Å². The number of aromatic amines is 1. The Bertz CT molecular complexity index is 1230. The van der Waals surface area contributed by atoms with E-state index in [4.69, 9.17) is 0 Å². The molecule has 0 aliphatic carbocycles. The zero-order valence-corrected chi connectivity index (χ0v) is 16.6. The molecule has 0 unspecified atom stereocenters. The summed E-state index contributed by atoms with van der Waals surface area (Å²) in [4.78, 5) is 14.6. The summed E-state index contributed by atoms with van der Waals surface area (Å²) in [5.41, 5.74) is 2.27. The number of hydrogen-bond acceptors (Lipinski definition) is 5. The van der Waals surface area contributed by atoms with Gasteiger partial charge >= 0.3 is 0 Å². The molecule has 1 aliphatic heterocycles. The molecule has 9 heteroatoms. The summed E-state index contributed by atoms with van der Waals surface area (Å²) in [5, 5.41) is 17.0. The highest BCUT2D eigenvalue weighted by Crippen LogP contribution is 2.23. The van der Waals surface area contributed by atoms with Crippen molar-refractivity contribution in [3.05, 3.63) is 59.3 Å². The fourth-order valence-corrected chi connectivity index (χ4v) is 5.06. The highest BCUT2D eigenvalue weighted by atomic mass is 32.2. The second-order valence-corrected chi connectivity index (χ2v) is 8.83. The van der Waals surface area contributed by atoms with Crippen molar-refractivity contribution in [2.45, 2.75) is 11.8 Å². The number of nitriles is 1. The van der Waals surface area contributed by atoms with E-state index in [1.807, 2.05) is 31.2 Å². The second kappa shape index (κ2) is 7.31. The number of sulfonamides is 1. The van der Waals surface area contributed by atoms with Crippen molar-refractivity contribution < 1.29 is 13.2 Å². The van der Waals surface area contributed by atoms with Crippen LogP contribution in [0.25, 0.3) is 10.9 Å². The first kappa shape index (κ1) is 19.1. The molecule has 1 saturated heterocycles. The molecule has 1 fully saturated rings. The highest BCUT2D eigenvalue weighted by Gasteiger charge is 2.32. The van der Waals surface area contributed by atoms with Gasteiger partial charge in [-0.3, -0.25) is 9.89 Å². The summed E-state index contributed by atoms with van der Waals surface area (Å²) < 4.78 is 27.2. The lowest BCUT2D eigenvalue weighted by Gasteiger charge is -2.33. The molecule has 0 saturated carbocycles. The van der Waals surface area contributed by atoms with Crippen LogP contribution in [0.15, 0.2) is 47.4 Å². The van der Waals surface area contributed by atoms with E-state index < -0.39 is 10.0 Å². The third-order valence-corrected chi connectivity index (χ3v) is 7.03. The normalized spacial score (nSPS) is 15.4. The van der Waals surface area contributed by atoms with Gasteiger partial charge in [-0.2, -0.15) is 14.7 Å². The van der Waals surface area contributed by atoms with Gasteiger partial charge in [0.05, 0.1) is 16.0 Å². The largest absolute Gasteiger partial charge is 0.335 e. The number of aryl methyl sites for hydroxylation is 1. The molecule has 4 rings (SSSR count). The van der Waals surface area contributed by atoms with Crippen LogP contribution in [0.5, 0.6) is 0 Å². The van der Waals surface area contributed by atoms with Gasteiger partial charge in [-0.15, -0.1) is 0 Å². The van der Waals surface area contributed by atoms with E-state index in [1.54, 1.807) is 17.0 Å². The Morgan fingerprint density at radius 2 is 1.86 bits per heavy atom. The maximum absolute atomic E-state index is 12.9. The molecule has 1 N–H and O–H groups in total. The van der Waals surface area contributed by atoms with E-state index in [9.17, 15) is 18.5 Å². The van der Waals surface area contributed by atoms with Gasteiger partial charge in [0.2, 0.25) is 10.0 Å². The molecule has 1 aromatic heterocycles. The molecule has 2 heterocycles. The number of piperazine rings is 1. The molecule has 0 spiro atoms. The minimum atomic E-state index is -3.80. The zero-order chi connectivity index (χ0) is 20.6. The number of rotatable bonds is 3. The monoisotopic (exact) mass is 409 g/mol. The maximum Gasteiger partial charge on any atom is 0.275 e. The molecule has 0 atom stereocenters. The molecular formula is C20H19N5O3S. The SMILES string of the molecule is Cc1ccc2[nH]nc(C(=O)N3CCN(S(=O)(=O)c4ccccc4C#N)CC3)c2c1. The number of hydrogen-bond donors (Lipinski definition) is 1. The first-order valence-electron chi connectivity index (χ1n) is 9.15. The minimum absolute atomic E-state index is 0.00366. The lowest BCUT2D eigenvalue weighted by molar-refractivity contribution is 0.0694. The van der Waals surface area contributed by atoms with E-state index in [0.29, 0.717) is 5.69 Å². The van der Waals surface area contributed by atoms with Crippen molar-refractivity contribution in [2.75, 3.05) is 26.2 Å². The smallest absolute Gasteiger partial charge is 0.275 e.